The van der Waals surface area contributed by atoms with E-state index >= 15 is 0 Å². The average Bonchev–Trinajstić information content (AvgIpc) is 3.39. The molecule has 7 rings (SSSR count). The first kappa shape index (κ1) is 54.7. The van der Waals surface area contributed by atoms with Crippen LogP contribution < -0.4 is 40.2 Å². The number of carbonyl (C=O) groups excluding carboxylic acids is 6. The Hall–Kier alpha value is -9.06. The first-order valence-corrected chi connectivity index (χ1v) is 24.9. The Labute approximate surface area is 440 Å². The van der Waals surface area contributed by atoms with Gasteiger partial charge in [-0.05, 0) is 98.5 Å². The van der Waals surface area contributed by atoms with Crippen LogP contribution in [0.4, 0.5) is 32.3 Å². The summed E-state index contributed by atoms with van der Waals surface area (Å²) in [5, 5.41) is 11.6. The minimum absolute atomic E-state index is 0.0396. The molecule has 1 aliphatic carbocycles. The van der Waals surface area contributed by atoms with E-state index in [0.717, 1.165) is 0 Å². The van der Waals surface area contributed by atoms with Crippen molar-refractivity contribution in [3.63, 3.8) is 0 Å². The molecule has 4 N–H and O–H groups in total. The molecule has 1 aliphatic rings. The lowest BCUT2D eigenvalue weighted by Crippen LogP contribution is -2.21. The van der Waals surface area contributed by atoms with Crippen LogP contribution in [-0.2, 0) is 63.8 Å². The Bertz CT molecular complexity index is 2730. The van der Waals surface area contributed by atoms with E-state index in [9.17, 15) is 28.8 Å². The van der Waals surface area contributed by atoms with Crippen molar-refractivity contribution in [3.05, 3.63) is 166 Å². The van der Waals surface area contributed by atoms with Gasteiger partial charge in [0.2, 0.25) is 0 Å². The van der Waals surface area contributed by atoms with Crippen LogP contribution in [0.2, 0.25) is 0 Å². The third kappa shape index (κ3) is 15.5. The zero-order valence-corrected chi connectivity index (χ0v) is 42.7. The molecule has 0 aliphatic heterocycles. The van der Waals surface area contributed by atoms with Gasteiger partial charge in [-0.25, -0.2) is 28.8 Å². The number of para-hydroxylation sites is 4. The van der Waals surface area contributed by atoms with Crippen molar-refractivity contribution in [2.75, 3.05) is 74.1 Å². The van der Waals surface area contributed by atoms with E-state index in [4.69, 9.17) is 37.9 Å². The fourth-order valence-corrected chi connectivity index (χ4v) is 8.54. The van der Waals surface area contributed by atoms with Gasteiger partial charge >= 0.3 is 35.9 Å². The van der Waals surface area contributed by atoms with Gasteiger partial charge in [-0.15, -0.1) is 0 Å². The summed E-state index contributed by atoms with van der Waals surface area (Å²) < 4.78 is 46.9. The fraction of sp³-hybridized carbons (Fsp3) is 0.276. The molecule has 0 fully saturated rings. The number of ether oxygens (including phenoxy) is 8. The van der Waals surface area contributed by atoms with Gasteiger partial charge < -0.3 is 59.2 Å². The number of urea groups is 2. The first-order chi connectivity index (χ1) is 36.9. The molecule has 76 heavy (non-hydrogen) atoms. The lowest BCUT2D eigenvalue weighted by Gasteiger charge is -2.24. The number of hydrogen-bond acceptors (Lipinski definition) is 14. The Morgan fingerprint density at radius 3 is 0.842 bits per heavy atom. The smallest absolute Gasteiger partial charge is 0.344 e. The molecule has 18 heteroatoms. The van der Waals surface area contributed by atoms with Crippen LogP contribution in [0.25, 0.3) is 0 Å². The van der Waals surface area contributed by atoms with Crippen molar-refractivity contribution in [3.8, 4) is 23.0 Å². The summed E-state index contributed by atoms with van der Waals surface area (Å²) in [6.07, 6.45) is 0.159. The lowest BCUT2D eigenvalue weighted by molar-refractivity contribution is -0.146. The van der Waals surface area contributed by atoms with E-state index in [1.807, 2.05) is 48.5 Å². The molecule has 6 aromatic carbocycles. The molecule has 396 valence electrons. The second kappa shape index (κ2) is 27.3. The Morgan fingerprint density at radius 2 is 0.579 bits per heavy atom. The number of amides is 4. The molecule has 0 spiro atoms. The van der Waals surface area contributed by atoms with Crippen molar-refractivity contribution in [1.29, 1.82) is 0 Å². The second-order valence-corrected chi connectivity index (χ2v) is 17.0. The molecule has 0 saturated carbocycles. The first-order valence-electron chi connectivity index (χ1n) is 24.9. The quantitative estimate of drug-likeness (QED) is 0.0412. The number of anilines is 4. The zero-order chi connectivity index (χ0) is 53.8. The molecule has 18 nitrogen and oxygen atoms in total. The summed E-state index contributed by atoms with van der Waals surface area (Å²) in [4.78, 5) is 79.6. The standard InChI is InChI=1S/C58H60N4O14/c1-5-69-49(63)33-73-53-37-17-15-18-38(53)26-42-30-48(62-58(68)60-46-23-13-10-14-24-46)32-44(56(42)76-36-52(66)72-8-4)28-40-20-16-19-39(54(40)74-34-50(64)70-6-2)27-43-31-47(61-57(67)59-45-21-11-9-12-22-45)29-41(25-37)55(43)75-35-51(65)71-7-3/h9-24,29-32H,5-8,25-28,33-36H2,1-4H3,(H2,59,61,67)(H2,60,62,68). The minimum Gasteiger partial charge on any atom is -0.481 e. The summed E-state index contributed by atoms with van der Waals surface area (Å²) in [5.41, 5.74) is 5.98. The number of rotatable bonds is 20. The molecule has 0 aromatic heterocycles. The van der Waals surface area contributed by atoms with Crippen molar-refractivity contribution in [1.82, 2.24) is 0 Å². The van der Waals surface area contributed by atoms with Crippen LogP contribution in [0.15, 0.2) is 121 Å². The highest BCUT2D eigenvalue weighted by Crippen LogP contribution is 2.41. The molecule has 0 saturated heterocycles. The number of hydrogen-bond donors (Lipinski definition) is 4. The van der Waals surface area contributed by atoms with Crippen LogP contribution >= 0.6 is 0 Å². The largest absolute Gasteiger partial charge is 0.481 e. The van der Waals surface area contributed by atoms with E-state index in [1.165, 1.54) is 0 Å². The van der Waals surface area contributed by atoms with Crippen molar-refractivity contribution >= 4 is 58.7 Å². The Kier molecular flexibility index (Phi) is 19.6. The maximum atomic E-state index is 13.7. The number of benzene rings is 6. The summed E-state index contributed by atoms with van der Waals surface area (Å²) in [6, 6.07) is 34.5. The molecule has 0 heterocycles. The number of fused-ring (bicyclic) bond motifs is 8. The van der Waals surface area contributed by atoms with Gasteiger partial charge in [0, 0.05) is 70.7 Å². The normalized spacial score (nSPS) is 11.4. The Morgan fingerprint density at radius 1 is 0.329 bits per heavy atom. The minimum atomic E-state index is -0.625. The van der Waals surface area contributed by atoms with Crippen LogP contribution in [0.1, 0.15) is 72.2 Å². The number of esters is 4. The van der Waals surface area contributed by atoms with E-state index in [2.05, 4.69) is 21.3 Å². The predicted octanol–water partition coefficient (Wildman–Crippen LogP) is 9.42. The summed E-state index contributed by atoms with van der Waals surface area (Å²) >= 11 is 0. The molecule has 4 amide bonds. The molecular weight excluding hydrogens is 977 g/mol. The number of carbonyl (C=O) groups is 6. The maximum absolute atomic E-state index is 13.7. The van der Waals surface area contributed by atoms with Crippen molar-refractivity contribution in [2.45, 2.75) is 53.4 Å². The van der Waals surface area contributed by atoms with Gasteiger partial charge in [-0.3, -0.25) is 0 Å². The molecule has 0 atom stereocenters. The summed E-state index contributed by atoms with van der Waals surface area (Å²) in [6.45, 7) is 5.28. The van der Waals surface area contributed by atoms with Gasteiger partial charge in [0.15, 0.2) is 26.4 Å². The topological polar surface area (TPSA) is 224 Å². The van der Waals surface area contributed by atoms with Gasteiger partial charge in [0.1, 0.15) is 23.0 Å². The van der Waals surface area contributed by atoms with Gasteiger partial charge in [-0.1, -0.05) is 72.8 Å². The zero-order valence-electron chi connectivity index (χ0n) is 42.7. The molecule has 0 unspecified atom stereocenters. The van der Waals surface area contributed by atoms with Crippen LogP contribution in [0.3, 0.4) is 0 Å². The Balaban J connectivity index is 1.48. The molecule has 0 radical (unpaired) electrons. The van der Waals surface area contributed by atoms with E-state index in [0.29, 0.717) is 78.8 Å². The lowest BCUT2D eigenvalue weighted by atomic mass is 9.90. The third-order valence-electron chi connectivity index (χ3n) is 11.5. The molecule has 8 bridgehead atoms. The van der Waals surface area contributed by atoms with Gasteiger partial charge in [0.25, 0.3) is 0 Å². The second-order valence-electron chi connectivity index (χ2n) is 17.0. The average molecular weight is 1040 g/mol. The van der Waals surface area contributed by atoms with Crippen molar-refractivity contribution in [2.24, 2.45) is 0 Å². The molecule has 6 aromatic rings. The highest BCUT2D eigenvalue weighted by Gasteiger charge is 2.26. The highest BCUT2D eigenvalue weighted by atomic mass is 16.6. The van der Waals surface area contributed by atoms with Gasteiger partial charge in [0.05, 0.1) is 26.4 Å². The van der Waals surface area contributed by atoms with Crippen molar-refractivity contribution < 1.29 is 66.7 Å². The van der Waals surface area contributed by atoms with Crippen LogP contribution in [-0.4, -0.2) is 88.8 Å². The fourth-order valence-electron chi connectivity index (χ4n) is 8.54. The van der Waals surface area contributed by atoms with E-state index < -0.39 is 62.4 Å². The van der Waals surface area contributed by atoms with E-state index in [1.54, 1.807) is 100 Å². The van der Waals surface area contributed by atoms with E-state index in [-0.39, 0.29) is 63.6 Å². The summed E-state index contributed by atoms with van der Waals surface area (Å²) in [5.74, 6) is -1.36. The number of nitrogens with one attached hydrogen (secondary N) is 4. The third-order valence-corrected chi connectivity index (χ3v) is 11.5. The maximum Gasteiger partial charge on any atom is 0.344 e. The van der Waals surface area contributed by atoms with Crippen LogP contribution in [0.5, 0.6) is 23.0 Å². The monoisotopic (exact) mass is 1040 g/mol. The predicted molar refractivity (Wildman–Crippen MR) is 284 cm³/mol. The molecular formula is C58H60N4O14. The van der Waals surface area contributed by atoms with Gasteiger partial charge in [-0.2, -0.15) is 0 Å². The SMILES string of the molecule is CCOC(=O)COc1c2cccc1Cc1cc(NC(=O)Nc3ccccc3)cc(c1OCC(=O)OCC)Cc1cccc(c1OCC(=O)OCC)Cc1cc(NC(=O)Nc3ccccc3)cc(c1OCC(=O)OCC)C2. The van der Waals surface area contributed by atoms with Crippen LogP contribution in [0, 0.1) is 0 Å². The highest BCUT2D eigenvalue weighted by molar-refractivity contribution is 6.00. The summed E-state index contributed by atoms with van der Waals surface area (Å²) in [7, 11) is 0.